The summed E-state index contributed by atoms with van der Waals surface area (Å²) in [5.74, 6) is 0.0249. The molecule has 2 aromatic rings. The number of nitrogens with one attached hydrogen (secondary N) is 1. The molecule has 0 unspecified atom stereocenters. The third kappa shape index (κ3) is 8.34. The van der Waals surface area contributed by atoms with E-state index in [2.05, 4.69) is 10.2 Å². The van der Waals surface area contributed by atoms with Gasteiger partial charge < -0.3 is 15.1 Å². The van der Waals surface area contributed by atoms with E-state index in [1.807, 2.05) is 0 Å². The van der Waals surface area contributed by atoms with Crippen LogP contribution < -0.4 is 5.32 Å². The average molecular weight is 589 g/mol. The second-order valence-corrected chi connectivity index (χ2v) is 10.3. The maximum Gasteiger partial charge on any atom is 0.423 e. The Balaban J connectivity index is 0.00000462. The Morgan fingerprint density at radius 1 is 0.927 bits per heavy atom. The normalized spacial score (nSPS) is 17.7. The molecule has 2 aliphatic heterocycles. The molecule has 2 aromatic carbocycles. The Morgan fingerprint density at radius 2 is 1.59 bits per heavy atom. The van der Waals surface area contributed by atoms with Gasteiger partial charge in [-0.1, -0.05) is 25.6 Å². The first-order chi connectivity index (χ1) is 18.8. The van der Waals surface area contributed by atoms with Gasteiger partial charge in [-0.2, -0.15) is 26.3 Å². The first kappa shape index (κ1) is 32.2. The number of amides is 1. The number of nitro benzene ring substituents is 1. The van der Waals surface area contributed by atoms with Crippen LogP contribution in [0.5, 0.6) is 0 Å². The summed E-state index contributed by atoms with van der Waals surface area (Å²) < 4.78 is 78.8. The average Bonchev–Trinajstić information content (AvgIpc) is 2.91. The van der Waals surface area contributed by atoms with Gasteiger partial charge in [0.25, 0.3) is 5.69 Å². The van der Waals surface area contributed by atoms with Gasteiger partial charge in [-0.15, -0.1) is 0 Å². The van der Waals surface area contributed by atoms with Gasteiger partial charge in [-0.3, -0.25) is 14.9 Å². The first-order valence-corrected chi connectivity index (χ1v) is 13.1. The number of halogens is 6. The summed E-state index contributed by atoms with van der Waals surface area (Å²) in [6.45, 7) is 2.81. The zero-order chi connectivity index (χ0) is 29.1. The third-order valence-electron chi connectivity index (χ3n) is 7.63. The van der Waals surface area contributed by atoms with Crippen molar-refractivity contribution in [1.82, 2.24) is 9.80 Å². The molecule has 0 aliphatic carbocycles. The number of carbonyl (C=O) groups is 1. The lowest BCUT2D eigenvalue weighted by Gasteiger charge is -2.35. The lowest BCUT2D eigenvalue weighted by atomic mass is 9.88. The minimum atomic E-state index is -4.86. The molecule has 4 rings (SSSR count). The van der Waals surface area contributed by atoms with Crippen molar-refractivity contribution in [2.75, 3.05) is 38.0 Å². The number of hydrogen-bond donors (Lipinski definition) is 1. The van der Waals surface area contributed by atoms with E-state index in [9.17, 15) is 41.3 Å². The molecule has 0 radical (unpaired) electrons. The zero-order valence-electron chi connectivity index (χ0n) is 21.6. The summed E-state index contributed by atoms with van der Waals surface area (Å²) in [6.07, 6.45) is -6.45. The molecule has 2 aliphatic rings. The Hall–Kier alpha value is -3.35. The van der Waals surface area contributed by atoms with Gasteiger partial charge in [0.05, 0.1) is 10.5 Å². The van der Waals surface area contributed by atoms with Crippen molar-refractivity contribution in [3.63, 3.8) is 0 Å². The highest BCUT2D eigenvalue weighted by atomic mass is 19.4. The number of anilines is 1. The molecule has 2 fully saturated rings. The molecule has 7 nitrogen and oxygen atoms in total. The first-order valence-electron chi connectivity index (χ1n) is 13.1. The van der Waals surface area contributed by atoms with Crippen LogP contribution in [0.25, 0.3) is 0 Å². The standard InChI is InChI=1S/C27H30F6N4O3.CH4/c28-26(29,30)20-3-1-2-19(16-20)18-6-11-35(12-7-18)13-10-25(38)36-14-8-21(9-15-36)34-22-4-5-24(37(39)40)23(17-22)27(31,32)33;/h1-5,16-18,21,34H,6-15H2;1H4. The van der Waals surface area contributed by atoms with Gasteiger partial charge in [0.1, 0.15) is 5.56 Å². The summed E-state index contributed by atoms with van der Waals surface area (Å²) in [4.78, 5) is 26.5. The predicted octanol–water partition coefficient (Wildman–Crippen LogP) is 6.94. The van der Waals surface area contributed by atoms with Crippen LogP contribution in [0.3, 0.4) is 0 Å². The zero-order valence-corrected chi connectivity index (χ0v) is 21.6. The summed E-state index contributed by atoms with van der Waals surface area (Å²) in [5.41, 5.74) is -2.13. The third-order valence-corrected chi connectivity index (χ3v) is 7.63. The number of nitro groups is 1. The maximum absolute atomic E-state index is 13.2. The van der Waals surface area contributed by atoms with Gasteiger partial charge in [-0.05, 0) is 68.5 Å². The molecule has 0 aromatic heterocycles. The van der Waals surface area contributed by atoms with Crippen LogP contribution in [-0.4, -0.2) is 59.4 Å². The van der Waals surface area contributed by atoms with E-state index in [4.69, 9.17) is 0 Å². The van der Waals surface area contributed by atoms with E-state index >= 15 is 0 Å². The predicted molar refractivity (Wildman–Crippen MR) is 143 cm³/mol. The van der Waals surface area contributed by atoms with E-state index < -0.39 is 34.1 Å². The second-order valence-electron chi connectivity index (χ2n) is 10.3. The quantitative estimate of drug-likeness (QED) is 0.215. The highest BCUT2D eigenvalue weighted by Gasteiger charge is 2.38. The van der Waals surface area contributed by atoms with Crippen molar-refractivity contribution in [2.24, 2.45) is 0 Å². The van der Waals surface area contributed by atoms with Crippen LogP contribution in [0.1, 0.15) is 62.1 Å². The van der Waals surface area contributed by atoms with Crippen LogP contribution in [-0.2, 0) is 17.1 Å². The topological polar surface area (TPSA) is 78.7 Å². The Morgan fingerprint density at radius 3 is 2.17 bits per heavy atom. The highest BCUT2D eigenvalue weighted by molar-refractivity contribution is 5.76. The number of hydrogen-bond acceptors (Lipinski definition) is 5. The molecule has 2 heterocycles. The number of benzene rings is 2. The fourth-order valence-corrected chi connectivity index (χ4v) is 5.39. The molecule has 41 heavy (non-hydrogen) atoms. The SMILES string of the molecule is C.O=C(CCN1CCC(c2cccc(C(F)(F)F)c2)CC1)N1CCC(Nc2ccc([N+](=O)[O-])c(C(F)(F)F)c2)CC1. The van der Waals surface area contributed by atoms with Crippen LogP contribution in [0.4, 0.5) is 37.7 Å². The van der Waals surface area contributed by atoms with Gasteiger partial charge in [0.2, 0.25) is 5.91 Å². The maximum atomic E-state index is 13.2. The molecule has 0 atom stereocenters. The Bertz CT molecular complexity index is 1200. The van der Waals surface area contributed by atoms with Crippen molar-refractivity contribution in [2.45, 2.75) is 63.8 Å². The van der Waals surface area contributed by atoms with E-state index in [1.165, 1.54) is 18.2 Å². The number of rotatable bonds is 7. The summed E-state index contributed by atoms with van der Waals surface area (Å²) >= 11 is 0. The molecule has 13 heteroatoms. The number of likely N-dealkylation sites (tertiary alicyclic amines) is 2. The summed E-state index contributed by atoms with van der Waals surface area (Å²) in [6, 6.07) is 8.12. The molecular weight excluding hydrogens is 554 g/mol. The van der Waals surface area contributed by atoms with Crippen molar-refractivity contribution in [3.8, 4) is 0 Å². The van der Waals surface area contributed by atoms with Gasteiger partial charge in [-0.25, -0.2) is 0 Å². The van der Waals surface area contributed by atoms with Crippen molar-refractivity contribution >= 4 is 17.3 Å². The molecule has 1 N–H and O–H groups in total. The van der Waals surface area contributed by atoms with Crippen LogP contribution in [0, 0.1) is 10.1 Å². The number of carbonyl (C=O) groups excluding carboxylic acids is 1. The van der Waals surface area contributed by atoms with Crippen LogP contribution >= 0.6 is 0 Å². The molecule has 2 saturated heterocycles. The number of piperidine rings is 2. The molecule has 0 bridgehead atoms. The smallest absolute Gasteiger partial charge is 0.382 e. The van der Waals surface area contributed by atoms with Crippen LogP contribution in [0.2, 0.25) is 0 Å². The minimum Gasteiger partial charge on any atom is -0.382 e. The molecule has 1 amide bonds. The van der Waals surface area contributed by atoms with E-state index in [1.54, 1.807) is 11.0 Å². The summed E-state index contributed by atoms with van der Waals surface area (Å²) in [7, 11) is 0. The van der Waals surface area contributed by atoms with Crippen molar-refractivity contribution in [3.05, 3.63) is 69.3 Å². The molecule has 0 spiro atoms. The summed E-state index contributed by atoms with van der Waals surface area (Å²) in [5, 5.41) is 13.9. The van der Waals surface area contributed by atoms with E-state index in [0.717, 1.165) is 18.2 Å². The number of nitrogens with zero attached hydrogens (tertiary/aromatic N) is 3. The van der Waals surface area contributed by atoms with Crippen LogP contribution in [0.15, 0.2) is 42.5 Å². The van der Waals surface area contributed by atoms with Gasteiger partial charge in [0.15, 0.2) is 0 Å². The van der Waals surface area contributed by atoms with Gasteiger partial charge in [0, 0.05) is 43.9 Å². The second kappa shape index (κ2) is 13.1. The minimum absolute atomic E-state index is 0. The van der Waals surface area contributed by atoms with E-state index in [0.29, 0.717) is 70.4 Å². The molecule has 226 valence electrons. The lowest BCUT2D eigenvalue weighted by molar-refractivity contribution is -0.388. The van der Waals surface area contributed by atoms with Crippen molar-refractivity contribution in [1.29, 1.82) is 0 Å². The monoisotopic (exact) mass is 588 g/mol. The Kier molecular flexibility index (Phi) is 10.3. The largest absolute Gasteiger partial charge is 0.423 e. The fourth-order valence-electron chi connectivity index (χ4n) is 5.39. The van der Waals surface area contributed by atoms with E-state index in [-0.39, 0.29) is 31.0 Å². The molecule has 0 saturated carbocycles. The molecular formula is C28H34F6N4O3. The highest BCUT2D eigenvalue weighted by Crippen LogP contribution is 2.38. The lowest BCUT2D eigenvalue weighted by Crippen LogP contribution is -2.43. The van der Waals surface area contributed by atoms with Crippen molar-refractivity contribution < 1.29 is 36.1 Å². The Labute approximate surface area is 234 Å². The van der Waals surface area contributed by atoms with Gasteiger partial charge >= 0.3 is 12.4 Å². The fraction of sp³-hybridized carbons (Fsp3) is 0.536. The number of alkyl halides is 6.